The van der Waals surface area contributed by atoms with Crippen molar-refractivity contribution in [1.82, 2.24) is 15.2 Å². The van der Waals surface area contributed by atoms with Gasteiger partial charge < -0.3 is 4.42 Å². The highest BCUT2D eigenvalue weighted by Gasteiger charge is 2.32. The topological polar surface area (TPSA) is 72.1 Å². The molecule has 0 radical (unpaired) electrons. The van der Waals surface area contributed by atoms with Gasteiger partial charge in [-0.1, -0.05) is 24.2 Å². The van der Waals surface area contributed by atoms with E-state index in [1.165, 1.54) is 17.6 Å². The third-order valence-corrected chi connectivity index (χ3v) is 5.14. The molecule has 122 valence electrons. The molecule has 0 spiro atoms. The van der Waals surface area contributed by atoms with Gasteiger partial charge in [0.2, 0.25) is 5.13 Å². The molecule has 0 N–H and O–H groups in total. The summed E-state index contributed by atoms with van der Waals surface area (Å²) in [6, 6.07) is 7.36. The van der Waals surface area contributed by atoms with Crippen molar-refractivity contribution in [2.75, 3.05) is 4.90 Å². The van der Waals surface area contributed by atoms with Gasteiger partial charge in [-0.25, -0.2) is 0 Å². The second-order valence-electron chi connectivity index (χ2n) is 5.72. The lowest BCUT2D eigenvalue weighted by Gasteiger charge is -2.24. The fourth-order valence-electron chi connectivity index (χ4n) is 3.01. The van der Waals surface area contributed by atoms with Crippen LogP contribution in [0, 0.1) is 0 Å². The molecular formula is C17H16N4O2S. The van der Waals surface area contributed by atoms with Crippen molar-refractivity contribution >= 4 is 22.4 Å². The summed E-state index contributed by atoms with van der Waals surface area (Å²) in [5, 5.41) is 9.89. The Kier molecular flexibility index (Phi) is 4.08. The quantitative estimate of drug-likeness (QED) is 0.722. The minimum atomic E-state index is -0.152. The zero-order valence-electron chi connectivity index (χ0n) is 13.0. The van der Waals surface area contributed by atoms with Gasteiger partial charge in [-0.05, 0) is 37.1 Å². The molecule has 3 aromatic heterocycles. The highest BCUT2D eigenvalue weighted by Crippen LogP contribution is 2.34. The minimum Gasteiger partial charge on any atom is -0.459 e. The first kappa shape index (κ1) is 15.0. The molecule has 1 aliphatic rings. The number of carbonyl (C=O) groups excluding carboxylic acids is 1. The van der Waals surface area contributed by atoms with E-state index in [1.54, 1.807) is 29.4 Å². The van der Waals surface area contributed by atoms with Gasteiger partial charge in [-0.3, -0.25) is 14.7 Å². The third-order valence-electron chi connectivity index (χ3n) is 4.17. The third kappa shape index (κ3) is 2.82. The molecule has 24 heavy (non-hydrogen) atoms. The van der Waals surface area contributed by atoms with E-state index in [1.807, 2.05) is 12.1 Å². The van der Waals surface area contributed by atoms with Crippen molar-refractivity contribution in [1.29, 1.82) is 0 Å². The number of furan rings is 1. The number of hydrogen-bond acceptors (Lipinski definition) is 6. The monoisotopic (exact) mass is 340 g/mol. The molecular weight excluding hydrogens is 324 g/mol. The summed E-state index contributed by atoms with van der Waals surface area (Å²) in [7, 11) is 0. The molecule has 0 saturated heterocycles. The van der Waals surface area contributed by atoms with Crippen molar-refractivity contribution in [2.45, 2.75) is 31.7 Å². The van der Waals surface area contributed by atoms with E-state index >= 15 is 0 Å². The van der Waals surface area contributed by atoms with E-state index in [9.17, 15) is 4.79 Å². The average molecular weight is 340 g/mol. The Morgan fingerprint density at radius 3 is 2.79 bits per heavy atom. The lowest BCUT2D eigenvalue weighted by atomic mass is 10.2. The summed E-state index contributed by atoms with van der Waals surface area (Å²) < 4.78 is 5.30. The maximum atomic E-state index is 12.9. The van der Waals surface area contributed by atoms with E-state index in [0.717, 1.165) is 36.3 Å². The van der Waals surface area contributed by atoms with Crippen LogP contribution in [0.1, 0.15) is 36.2 Å². The van der Waals surface area contributed by atoms with Crippen LogP contribution in [-0.4, -0.2) is 27.1 Å². The molecule has 0 aliphatic heterocycles. The van der Waals surface area contributed by atoms with Crippen LogP contribution in [0.25, 0.3) is 10.6 Å². The summed E-state index contributed by atoms with van der Waals surface area (Å²) in [5.74, 6) is 0.181. The molecule has 3 aromatic rings. The molecule has 4 rings (SSSR count). The minimum absolute atomic E-state index is 0.150. The number of nitrogens with zero attached hydrogens (tertiary/aromatic N) is 4. The smallest absolute Gasteiger partial charge is 0.296 e. The number of pyridine rings is 1. The second kappa shape index (κ2) is 6.52. The van der Waals surface area contributed by atoms with Crippen LogP contribution in [0.2, 0.25) is 0 Å². The molecule has 1 saturated carbocycles. The maximum Gasteiger partial charge on any atom is 0.296 e. The highest BCUT2D eigenvalue weighted by atomic mass is 32.1. The highest BCUT2D eigenvalue weighted by molar-refractivity contribution is 7.18. The lowest BCUT2D eigenvalue weighted by molar-refractivity contribution is 0.0950. The molecule has 1 aliphatic carbocycles. The maximum absolute atomic E-state index is 12.9. The Balaban J connectivity index is 1.69. The van der Waals surface area contributed by atoms with Gasteiger partial charge in [0.05, 0.1) is 6.26 Å². The van der Waals surface area contributed by atoms with Crippen LogP contribution >= 0.6 is 11.3 Å². The summed E-state index contributed by atoms with van der Waals surface area (Å²) in [4.78, 5) is 18.8. The summed E-state index contributed by atoms with van der Waals surface area (Å²) in [6.07, 6.45) is 9.20. The molecule has 3 heterocycles. The number of hydrogen-bond donors (Lipinski definition) is 0. The molecule has 0 aromatic carbocycles. The predicted octanol–water partition coefficient (Wildman–Crippen LogP) is 3.78. The number of anilines is 1. The van der Waals surface area contributed by atoms with Crippen molar-refractivity contribution in [3.8, 4) is 10.6 Å². The van der Waals surface area contributed by atoms with Gasteiger partial charge in [0.1, 0.15) is 0 Å². The summed E-state index contributed by atoms with van der Waals surface area (Å²) >= 11 is 1.41. The van der Waals surface area contributed by atoms with Crippen LogP contribution < -0.4 is 4.90 Å². The van der Waals surface area contributed by atoms with E-state index in [2.05, 4.69) is 15.2 Å². The van der Waals surface area contributed by atoms with Gasteiger partial charge in [0.25, 0.3) is 5.91 Å². The second-order valence-corrected chi connectivity index (χ2v) is 6.68. The normalized spacial score (nSPS) is 14.8. The van der Waals surface area contributed by atoms with Crippen molar-refractivity contribution in [3.63, 3.8) is 0 Å². The van der Waals surface area contributed by atoms with E-state index in [-0.39, 0.29) is 11.9 Å². The largest absolute Gasteiger partial charge is 0.459 e. The number of amides is 1. The molecule has 6 nitrogen and oxygen atoms in total. The Bertz CT molecular complexity index is 810. The SMILES string of the molecule is O=C(c1ccco1)N(c1nnc(-c2cccnc2)s1)C1CCCC1. The predicted molar refractivity (Wildman–Crippen MR) is 90.9 cm³/mol. The average Bonchev–Trinajstić information content (AvgIpc) is 3.38. The number of rotatable bonds is 4. The molecule has 0 unspecified atom stereocenters. The summed E-state index contributed by atoms with van der Waals surface area (Å²) in [6.45, 7) is 0. The fourth-order valence-corrected chi connectivity index (χ4v) is 3.91. The molecule has 0 bridgehead atoms. The van der Waals surface area contributed by atoms with Crippen LogP contribution in [-0.2, 0) is 0 Å². The van der Waals surface area contributed by atoms with Crippen LogP contribution in [0.5, 0.6) is 0 Å². The zero-order valence-corrected chi connectivity index (χ0v) is 13.8. The van der Waals surface area contributed by atoms with Crippen LogP contribution in [0.15, 0.2) is 47.3 Å². The van der Waals surface area contributed by atoms with Crippen molar-refractivity contribution in [2.24, 2.45) is 0 Å². The number of aromatic nitrogens is 3. The number of carbonyl (C=O) groups is 1. The van der Waals surface area contributed by atoms with Crippen molar-refractivity contribution < 1.29 is 9.21 Å². The zero-order chi connectivity index (χ0) is 16.4. The van der Waals surface area contributed by atoms with Gasteiger partial charge >= 0.3 is 0 Å². The fraction of sp³-hybridized carbons (Fsp3) is 0.294. The van der Waals surface area contributed by atoms with Crippen LogP contribution in [0.4, 0.5) is 5.13 Å². The first-order chi connectivity index (χ1) is 11.8. The van der Waals surface area contributed by atoms with Gasteiger partial charge in [0.15, 0.2) is 10.8 Å². The Labute approximate surface area is 143 Å². The molecule has 1 amide bonds. The molecule has 1 fully saturated rings. The first-order valence-electron chi connectivity index (χ1n) is 7.94. The standard InChI is InChI=1S/C17H16N4O2S/c22-16(14-8-4-10-23-14)21(13-6-1-2-7-13)17-20-19-15(24-17)12-5-3-9-18-11-12/h3-5,8-11,13H,1-2,6-7H2. The Morgan fingerprint density at radius 2 is 2.08 bits per heavy atom. The summed E-state index contributed by atoms with van der Waals surface area (Å²) in [5.41, 5.74) is 0.901. The Hall–Kier alpha value is -2.54. The van der Waals surface area contributed by atoms with Crippen molar-refractivity contribution in [3.05, 3.63) is 48.7 Å². The first-order valence-corrected chi connectivity index (χ1v) is 8.75. The van der Waals surface area contributed by atoms with Gasteiger partial charge in [0, 0.05) is 24.0 Å². The van der Waals surface area contributed by atoms with E-state index in [0.29, 0.717) is 10.9 Å². The molecule has 0 atom stereocenters. The van der Waals surface area contributed by atoms with E-state index in [4.69, 9.17) is 4.42 Å². The van der Waals surface area contributed by atoms with Crippen LogP contribution in [0.3, 0.4) is 0 Å². The van der Waals surface area contributed by atoms with Gasteiger partial charge in [-0.15, -0.1) is 10.2 Å². The lowest BCUT2D eigenvalue weighted by Crippen LogP contribution is -2.38. The van der Waals surface area contributed by atoms with E-state index < -0.39 is 0 Å². The molecule has 7 heteroatoms. The Morgan fingerprint density at radius 1 is 1.21 bits per heavy atom. The van der Waals surface area contributed by atoms with Gasteiger partial charge in [-0.2, -0.15) is 0 Å².